The van der Waals surface area contributed by atoms with E-state index in [1.165, 1.54) is 12.3 Å². The van der Waals surface area contributed by atoms with Gasteiger partial charge in [-0.25, -0.2) is 9.78 Å². The number of hydrogen-bond donors (Lipinski definition) is 1. The molecular formula is C19H23N5O3. The summed E-state index contributed by atoms with van der Waals surface area (Å²) in [6, 6.07) is 6.84. The van der Waals surface area contributed by atoms with Gasteiger partial charge in [-0.3, -0.25) is 19.6 Å². The van der Waals surface area contributed by atoms with Crippen LogP contribution in [0.25, 0.3) is 0 Å². The second kappa shape index (κ2) is 8.24. The lowest BCUT2D eigenvalue weighted by atomic mass is 10.2. The molecule has 2 aromatic heterocycles. The molecule has 0 radical (unpaired) electrons. The number of carbonyl (C=O) groups is 2. The number of carbonyl (C=O) groups excluding carboxylic acids is 1. The summed E-state index contributed by atoms with van der Waals surface area (Å²) in [6.07, 6.45) is 3.18. The van der Waals surface area contributed by atoms with Crippen LogP contribution in [0.3, 0.4) is 0 Å². The van der Waals surface area contributed by atoms with Crippen molar-refractivity contribution in [3.8, 4) is 0 Å². The van der Waals surface area contributed by atoms with E-state index in [1.54, 1.807) is 17.2 Å². The second-order valence-electron chi connectivity index (χ2n) is 6.82. The minimum absolute atomic E-state index is 0.0244. The number of pyridine rings is 2. The van der Waals surface area contributed by atoms with Crippen LogP contribution in [0.1, 0.15) is 21.6 Å². The summed E-state index contributed by atoms with van der Waals surface area (Å²) in [6.45, 7) is 2.47. The van der Waals surface area contributed by atoms with E-state index < -0.39 is 5.97 Å². The molecule has 0 fully saturated rings. The minimum Gasteiger partial charge on any atom is -0.478 e. The van der Waals surface area contributed by atoms with Crippen molar-refractivity contribution in [2.45, 2.75) is 13.1 Å². The standard InChI is InChI=1S/C19H23N5O3/c1-22(2)8-9-24-17(25)13-23(11-15-4-3-6-21-18(15)24)12-16-10-14(19(26)27)5-7-20-16/h3-7,10H,8-9,11-13H2,1-2H3,(H,26,27). The number of carboxylic acid groups (broad SMARTS) is 1. The Morgan fingerprint density at radius 3 is 2.78 bits per heavy atom. The molecule has 0 saturated heterocycles. The number of rotatable bonds is 6. The maximum atomic E-state index is 12.9. The number of hydrogen-bond acceptors (Lipinski definition) is 6. The van der Waals surface area contributed by atoms with Gasteiger partial charge >= 0.3 is 5.97 Å². The van der Waals surface area contributed by atoms with Gasteiger partial charge in [-0.2, -0.15) is 0 Å². The first-order chi connectivity index (χ1) is 12.9. The molecule has 2 aromatic rings. The summed E-state index contributed by atoms with van der Waals surface area (Å²) in [5.74, 6) is -0.321. The van der Waals surface area contributed by atoms with Gasteiger partial charge in [0.15, 0.2) is 0 Å². The maximum Gasteiger partial charge on any atom is 0.335 e. The van der Waals surface area contributed by atoms with Gasteiger partial charge < -0.3 is 10.0 Å². The zero-order valence-corrected chi connectivity index (χ0v) is 15.5. The molecule has 0 saturated carbocycles. The zero-order valence-electron chi connectivity index (χ0n) is 15.5. The summed E-state index contributed by atoms with van der Waals surface area (Å²) in [4.78, 5) is 38.5. The third-order valence-corrected chi connectivity index (χ3v) is 4.40. The molecule has 0 spiro atoms. The van der Waals surface area contributed by atoms with Gasteiger partial charge in [0.1, 0.15) is 5.82 Å². The van der Waals surface area contributed by atoms with Gasteiger partial charge in [-0.1, -0.05) is 6.07 Å². The van der Waals surface area contributed by atoms with Crippen LogP contribution in [-0.2, 0) is 17.9 Å². The highest BCUT2D eigenvalue weighted by molar-refractivity contribution is 5.95. The first kappa shape index (κ1) is 18.9. The number of anilines is 1. The fraction of sp³-hybridized carbons (Fsp3) is 0.368. The number of likely N-dealkylation sites (N-methyl/N-ethyl adjacent to an activating group) is 1. The molecule has 8 heteroatoms. The molecule has 142 valence electrons. The molecule has 1 N–H and O–H groups in total. The number of amides is 1. The molecular weight excluding hydrogens is 346 g/mol. The van der Waals surface area contributed by atoms with Crippen molar-refractivity contribution in [2.24, 2.45) is 0 Å². The van der Waals surface area contributed by atoms with E-state index in [1.807, 2.05) is 36.0 Å². The predicted octanol–water partition coefficient (Wildman–Crippen LogP) is 1.09. The lowest BCUT2D eigenvalue weighted by molar-refractivity contribution is -0.119. The topological polar surface area (TPSA) is 89.9 Å². The summed E-state index contributed by atoms with van der Waals surface area (Å²) in [7, 11) is 3.93. The Hall–Kier alpha value is -2.84. The second-order valence-corrected chi connectivity index (χ2v) is 6.82. The van der Waals surface area contributed by atoms with Crippen LogP contribution in [0.4, 0.5) is 5.82 Å². The molecule has 0 unspecified atom stereocenters. The summed E-state index contributed by atoms with van der Waals surface area (Å²) >= 11 is 0. The number of fused-ring (bicyclic) bond motifs is 1. The first-order valence-electron chi connectivity index (χ1n) is 8.73. The Kier molecular flexibility index (Phi) is 5.78. The van der Waals surface area contributed by atoms with Crippen LogP contribution in [-0.4, -0.2) is 70.5 Å². The highest BCUT2D eigenvalue weighted by atomic mass is 16.4. The molecule has 8 nitrogen and oxygen atoms in total. The van der Waals surface area contributed by atoms with Crippen molar-refractivity contribution in [3.63, 3.8) is 0 Å². The van der Waals surface area contributed by atoms with E-state index in [2.05, 4.69) is 9.97 Å². The van der Waals surface area contributed by atoms with E-state index in [9.17, 15) is 9.59 Å². The summed E-state index contributed by atoms with van der Waals surface area (Å²) < 4.78 is 0. The molecule has 1 aliphatic heterocycles. The van der Waals surface area contributed by atoms with Gasteiger partial charge in [0.2, 0.25) is 5.91 Å². The first-order valence-corrected chi connectivity index (χ1v) is 8.73. The van der Waals surface area contributed by atoms with Crippen LogP contribution >= 0.6 is 0 Å². The van der Waals surface area contributed by atoms with Crippen molar-refractivity contribution in [1.29, 1.82) is 0 Å². The van der Waals surface area contributed by atoms with E-state index >= 15 is 0 Å². The van der Waals surface area contributed by atoms with Crippen LogP contribution in [0.5, 0.6) is 0 Å². The van der Waals surface area contributed by atoms with Crippen molar-refractivity contribution in [1.82, 2.24) is 19.8 Å². The van der Waals surface area contributed by atoms with Crippen molar-refractivity contribution < 1.29 is 14.7 Å². The number of carboxylic acids is 1. The molecule has 0 aromatic carbocycles. The largest absolute Gasteiger partial charge is 0.478 e. The molecule has 3 rings (SSSR count). The van der Waals surface area contributed by atoms with E-state index in [4.69, 9.17) is 5.11 Å². The lowest BCUT2D eigenvalue weighted by Gasteiger charge is -2.23. The third kappa shape index (κ3) is 4.66. The molecule has 0 aliphatic carbocycles. The average molecular weight is 369 g/mol. The van der Waals surface area contributed by atoms with Crippen LogP contribution in [0, 0.1) is 0 Å². The smallest absolute Gasteiger partial charge is 0.335 e. The fourth-order valence-corrected chi connectivity index (χ4v) is 3.06. The summed E-state index contributed by atoms with van der Waals surface area (Å²) in [5, 5.41) is 9.16. The monoisotopic (exact) mass is 369 g/mol. The number of aromatic carboxylic acids is 1. The van der Waals surface area contributed by atoms with Crippen LogP contribution in [0.15, 0.2) is 36.7 Å². The number of aromatic nitrogens is 2. The van der Waals surface area contributed by atoms with Crippen molar-refractivity contribution >= 4 is 17.7 Å². The Bertz CT molecular complexity index is 840. The molecule has 0 atom stereocenters. The predicted molar refractivity (Wildman–Crippen MR) is 100 cm³/mol. The van der Waals surface area contributed by atoms with Gasteiger partial charge in [-0.15, -0.1) is 0 Å². The van der Waals surface area contributed by atoms with E-state index in [-0.39, 0.29) is 18.0 Å². The molecule has 3 heterocycles. The normalized spacial score (nSPS) is 14.9. The van der Waals surface area contributed by atoms with Crippen molar-refractivity contribution in [3.05, 3.63) is 53.5 Å². The molecule has 0 bridgehead atoms. The van der Waals surface area contributed by atoms with Gasteiger partial charge in [0.25, 0.3) is 0 Å². The van der Waals surface area contributed by atoms with Crippen LogP contribution < -0.4 is 4.90 Å². The fourth-order valence-electron chi connectivity index (χ4n) is 3.06. The minimum atomic E-state index is -0.991. The van der Waals surface area contributed by atoms with Gasteiger partial charge in [0, 0.05) is 44.1 Å². The summed E-state index contributed by atoms with van der Waals surface area (Å²) in [5.41, 5.74) is 1.78. The highest BCUT2D eigenvalue weighted by Gasteiger charge is 2.27. The Morgan fingerprint density at radius 1 is 1.22 bits per heavy atom. The highest BCUT2D eigenvalue weighted by Crippen LogP contribution is 2.24. The molecule has 1 aliphatic rings. The van der Waals surface area contributed by atoms with E-state index in [0.29, 0.717) is 31.1 Å². The van der Waals surface area contributed by atoms with Gasteiger partial charge in [-0.05, 0) is 32.3 Å². The van der Waals surface area contributed by atoms with Crippen molar-refractivity contribution in [2.75, 3.05) is 38.6 Å². The van der Waals surface area contributed by atoms with Gasteiger partial charge in [0.05, 0.1) is 17.8 Å². The average Bonchev–Trinajstić information content (AvgIpc) is 2.75. The third-order valence-electron chi connectivity index (χ3n) is 4.40. The maximum absolute atomic E-state index is 12.9. The Labute approximate surface area is 158 Å². The molecule has 1 amide bonds. The quantitative estimate of drug-likeness (QED) is 0.815. The zero-order chi connectivity index (χ0) is 19.4. The molecule has 27 heavy (non-hydrogen) atoms. The SMILES string of the molecule is CN(C)CCN1C(=O)CN(Cc2cc(C(=O)O)ccn2)Cc2cccnc21. The lowest BCUT2D eigenvalue weighted by Crippen LogP contribution is -2.41. The Balaban J connectivity index is 1.83. The Morgan fingerprint density at radius 2 is 2.04 bits per heavy atom. The number of nitrogens with zero attached hydrogens (tertiary/aromatic N) is 5. The van der Waals surface area contributed by atoms with E-state index in [0.717, 1.165) is 12.1 Å². The van der Waals surface area contributed by atoms with Crippen LogP contribution in [0.2, 0.25) is 0 Å².